The van der Waals surface area contributed by atoms with E-state index >= 15 is 0 Å². The number of amides is 1. The minimum atomic E-state index is -1.05. The molecule has 0 aromatic carbocycles. The molecule has 1 aromatic rings. The van der Waals surface area contributed by atoms with Crippen LogP contribution in [0.5, 0.6) is 0 Å². The van der Waals surface area contributed by atoms with Gasteiger partial charge in [0, 0.05) is 6.08 Å². The highest BCUT2D eigenvalue weighted by atomic mass is 32.1. The van der Waals surface area contributed by atoms with Crippen molar-refractivity contribution in [2.45, 2.75) is 13.0 Å². The van der Waals surface area contributed by atoms with E-state index in [1.54, 1.807) is 6.08 Å². The maximum atomic E-state index is 11.2. The Hall–Kier alpha value is -1.62. The molecule has 0 saturated heterocycles. The van der Waals surface area contributed by atoms with Gasteiger partial charge in [0.2, 0.25) is 5.91 Å². The zero-order valence-electron chi connectivity index (χ0n) is 8.14. The molecule has 1 rings (SSSR count). The summed E-state index contributed by atoms with van der Waals surface area (Å²) in [7, 11) is 0. The number of aliphatic carboxylic acids is 1. The van der Waals surface area contributed by atoms with E-state index in [4.69, 9.17) is 5.11 Å². The lowest BCUT2D eigenvalue weighted by Gasteiger charge is -2.05. The predicted octanol–water partition coefficient (Wildman–Crippen LogP) is 1.35. The Kier molecular flexibility index (Phi) is 4.05. The van der Waals surface area contributed by atoms with Gasteiger partial charge in [0.05, 0.1) is 0 Å². The summed E-state index contributed by atoms with van der Waals surface area (Å²) in [6, 6.07) is 0.999. The quantitative estimate of drug-likeness (QED) is 0.760. The highest BCUT2D eigenvalue weighted by Gasteiger charge is 2.11. The summed E-state index contributed by atoms with van der Waals surface area (Å²) in [6.45, 7) is 1.42. The number of rotatable bonds is 4. The molecule has 0 fully saturated rings. The number of carbonyl (C=O) groups excluding carboxylic acids is 1. The fraction of sp³-hybridized carbons (Fsp3) is 0.200. The molecule has 0 aliphatic heterocycles. The molecule has 0 bridgehead atoms. The molecule has 1 heterocycles. The van der Waals surface area contributed by atoms with Crippen LogP contribution in [0.3, 0.4) is 0 Å². The summed E-state index contributed by atoms with van der Waals surface area (Å²) in [6.07, 6.45) is 2.96. The molecule has 1 amide bonds. The van der Waals surface area contributed by atoms with Gasteiger partial charge in [-0.25, -0.2) is 0 Å². The average Bonchev–Trinajstić information content (AvgIpc) is 2.66. The maximum Gasteiger partial charge on any atom is 0.325 e. The van der Waals surface area contributed by atoms with Crippen LogP contribution in [0.25, 0.3) is 6.08 Å². The van der Waals surface area contributed by atoms with Gasteiger partial charge in [-0.2, -0.15) is 11.3 Å². The molecule has 0 aliphatic carbocycles. The molecule has 4 nitrogen and oxygen atoms in total. The highest BCUT2D eigenvalue weighted by Crippen LogP contribution is 2.07. The van der Waals surface area contributed by atoms with E-state index in [1.165, 1.54) is 24.3 Å². The van der Waals surface area contributed by atoms with Crippen LogP contribution in [0.2, 0.25) is 0 Å². The molecule has 15 heavy (non-hydrogen) atoms. The fourth-order valence-corrected chi connectivity index (χ4v) is 1.49. The molecule has 1 aromatic heterocycles. The van der Waals surface area contributed by atoms with Gasteiger partial charge in [-0.1, -0.05) is 0 Å². The second-order valence-electron chi connectivity index (χ2n) is 2.96. The van der Waals surface area contributed by atoms with Gasteiger partial charge in [0.25, 0.3) is 0 Å². The van der Waals surface area contributed by atoms with Crippen molar-refractivity contribution < 1.29 is 14.7 Å². The minimum absolute atomic E-state index is 0.406. The molecule has 5 heteroatoms. The predicted molar refractivity (Wildman–Crippen MR) is 58.6 cm³/mol. The Morgan fingerprint density at radius 3 is 2.87 bits per heavy atom. The van der Waals surface area contributed by atoms with Crippen LogP contribution in [-0.2, 0) is 9.59 Å². The average molecular weight is 225 g/mol. The van der Waals surface area contributed by atoms with Crippen LogP contribution >= 0.6 is 11.3 Å². The lowest BCUT2D eigenvalue weighted by molar-refractivity contribution is -0.140. The number of carboxylic acids is 1. The number of nitrogens with one attached hydrogen (secondary N) is 1. The van der Waals surface area contributed by atoms with Gasteiger partial charge in [-0.15, -0.1) is 0 Å². The number of carbonyl (C=O) groups is 2. The third-order valence-corrected chi connectivity index (χ3v) is 2.40. The van der Waals surface area contributed by atoms with Crippen molar-refractivity contribution in [2.75, 3.05) is 0 Å². The van der Waals surface area contributed by atoms with E-state index in [-0.39, 0.29) is 0 Å². The van der Waals surface area contributed by atoms with E-state index in [0.29, 0.717) is 0 Å². The fourth-order valence-electron chi connectivity index (χ4n) is 0.865. The SMILES string of the molecule is C[C@@H](NC(=O)/C=C/c1ccsc1)C(=O)O. The Labute approximate surface area is 91.2 Å². The molecule has 1 atom stereocenters. The van der Waals surface area contributed by atoms with Gasteiger partial charge in [-0.05, 0) is 35.4 Å². The molecule has 0 aliphatic rings. The molecule has 0 radical (unpaired) electrons. The maximum absolute atomic E-state index is 11.2. The van der Waals surface area contributed by atoms with Crippen LogP contribution < -0.4 is 5.32 Å². The normalized spacial score (nSPS) is 12.6. The molecule has 2 N–H and O–H groups in total. The standard InChI is InChI=1S/C10H11NO3S/c1-7(10(13)14)11-9(12)3-2-8-4-5-15-6-8/h2-7H,1H3,(H,11,12)(H,13,14)/b3-2+/t7-/m1/s1. The molecule has 80 valence electrons. The van der Waals surface area contributed by atoms with Gasteiger partial charge in [0.15, 0.2) is 0 Å². The lowest BCUT2D eigenvalue weighted by atomic mass is 10.3. The molecule has 0 unspecified atom stereocenters. The van der Waals surface area contributed by atoms with E-state index < -0.39 is 17.9 Å². The summed E-state index contributed by atoms with van der Waals surface area (Å²) in [5.74, 6) is -1.46. The van der Waals surface area contributed by atoms with Crippen LogP contribution in [-0.4, -0.2) is 23.0 Å². The molecular weight excluding hydrogens is 214 g/mol. The Morgan fingerprint density at radius 1 is 1.60 bits per heavy atom. The Balaban J connectivity index is 2.46. The number of hydrogen-bond donors (Lipinski definition) is 2. The van der Waals surface area contributed by atoms with Gasteiger partial charge < -0.3 is 10.4 Å². The van der Waals surface area contributed by atoms with Crippen LogP contribution in [0.4, 0.5) is 0 Å². The first-order valence-electron chi connectivity index (χ1n) is 4.33. The van der Waals surface area contributed by atoms with Crippen molar-refractivity contribution >= 4 is 29.3 Å². The highest BCUT2D eigenvalue weighted by molar-refractivity contribution is 7.08. The van der Waals surface area contributed by atoms with Crippen molar-refractivity contribution in [3.8, 4) is 0 Å². The molecule has 0 saturated carbocycles. The molecular formula is C10H11NO3S. The van der Waals surface area contributed by atoms with Crippen LogP contribution in [0.15, 0.2) is 22.9 Å². The first-order valence-corrected chi connectivity index (χ1v) is 5.27. The minimum Gasteiger partial charge on any atom is -0.480 e. The van der Waals surface area contributed by atoms with E-state index in [2.05, 4.69) is 5.32 Å². The van der Waals surface area contributed by atoms with E-state index in [1.807, 2.05) is 16.8 Å². The first-order chi connectivity index (χ1) is 7.09. The van der Waals surface area contributed by atoms with Crippen molar-refractivity contribution in [3.05, 3.63) is 28.5 Å². The second kappa shape index (κ2) is 5.31. The summed E-state index contributed by atoms with van der Waals surface area (Å²) in [4.78, 5) is 21.6. The monoisotopic (exact) mass is 225 g/mol. The van der Waals surface area contributed by atoms with Crippen molar-refractivity contribution in [1.82, 2.24) is 5.32 Å². The number of thiophene rings is 1. The summed E-state index contributed by atoms with van der Waals surface area (Å²) < 4.78 is 0. The van der Waals surface area contributed by atoms with E-state index in [0.717, 1.165) is 5.56 Å². The summed E-state index contributed by atoms with van der Waals surface area (Å²) >= 11 is 1.53. The summed E-state index contributed by atoms with van der Waals surface area (Å²) in [5.41, 5.74) is 0.929. The molecule has 0 spiro atoms. The number of hydrogen-bond acceptors (Lipinski definition) is 3. The van der Waals surface area contributed by atoms with Crippen molar-refractivity contribution in [2.24, 2.45) is 0 Å². The zero-order chi connectivity index (χ0) is 11.3. The van der Waals surface area contributed by atoms with Gasteiger partial charge in [0.1, 0.15) is 6.04 Å². The summed E-state index contributed by atoms with van der Waals surface area (Å²) in [5, 5.41) is 14.7. The van der Waals surface area contributed by atoms with E-state index in [9.17, 15) is 9.59 Å². The lowest BCUT2D eigenvalue weighted by Crippen LogP contribution is -2.37. The third-order valence-electron chi connectivity index (χ3n) is 1.70. The van der Waals surface area contributed by atoms with Crippen molar-refractivity contribution in [1.29, 1.82) is 0 Å². The van der Waals surface area contributed by atoms with Gasteiger partial charge in [-0.3, -0.25) is 9.59 Å². The van der Waals surface area contributed by atoms with Gasteiger partial charge >= 0.3 is 5.97 Å². The van der Waals surface area contributed by atoms with Crippen LogP contribution in [0.1, 0.15) is 12.5 Å². The number of carboxylic acid groups (broad SMARTS) is 1. The van der Waals surface area contributed by atoms with Crippen LogP contribution in [0, 0.1) is 0 Å². The Morgan fingerprint density at radius 2 is 2.33 bits per heavy atom. The first kappa shape index (κ1) is 11.5. The Bertz CT molecular complexity index is 370. The smallest absolute Gasteiger partial charge is 0.325 e. The topological polar surface area (TPSA) is 66.4 Å². The van der Waals surface area contributed by atoms with Crippen molar-refractivity contribution in [3.63, 3.8) is 0 Å². The zero-order valence-corrected chi connectivity index (χ0v) is 8.95. The largest absolute Gasteiger partial charge is 0.480 e. The second-order valence-corrected chi connectivity index (χ2v) is 3.74. The third kappa shape index (κ3) is 3.95.